The number of ether oxygens (including phenoxy) is 1. The van der Waals surface area contributed by atoms with Gasteiger partial charge >= 0.3 is 0 Å². The summed E-state index contributed by atoms with van der Waals surface area (Å²) in [5.41, 5.74) is 0. The molecule has 1 aliphatic carbocycles. The van der Waals surface area contributed by atoms with Crippen molar-refractivity contribution in [2.24, 2.45) is 11.8 Å². The smallest absolute Gasteiger partial charge is 0.0590 e. The molecule has 2 heteroatoms. The SMILES string of the molecule is CCOCCNC1C[C@H](C)C[C@@H](C)C1. The molecule has 0 amide bonds. The Bertz CT molecular complexity index is 139. The molecule has 0 saturated heterocycles. The highest BCUT2D eigenvalue weighted by Crippen LogP contribution is 2.28. The van der Waals surface area contributed by atoms with E-state index >= 15 is 0 Å². The van der Waals surface area contributed by atoms with E-state index in [9.17, 15) is 0 Å². The third-order valence-corrected chi connectivity index (χ3v) is 3.06. The van der Waals surface area contributed by atoms with Crippen LogP contribution in [0.5, 0.6) is 0 Å². The Kier molecular flexibility index (Phi) is 5.49. The zero-order valence-corrected chi connectivity index (χ0v) is 9.88. The van der Waals surface area contributed by atoms with Gasteiger partial charge in [-0.25, -0.2) is 0 Å². The summed E-state index contributed by atoms with van der Waals surface area (Å²) in [6.07, 6.45) is 4.09. The summed E-state index contributed by atoms with van der Waals surface area (Å²) in [4.78, 5) is 0. The summed E-state index contributed by atoms with van der Waals surface area (Å²) in [6, 6.07) is 0.731. The van der Waals surface area contributed by atoms with Crippen LogP contribution in [0.4, 0.5) is 0 Å². The quantitative estimate of drug-likeness (QED) is 0.687. The third kappa shape index (κ3) is 4.43. The fourth-order valence-corrected chi connectivity index (χ4v) is 2.59. The van der Waals surface area contributed by atoms with Gasteiger partial charge in [0.1, 0.15) is 0 Å². The second-order valence-electron chi connectivity index (χ2n) is 4.77. The first-order chi connectivity index (χ1) is 6.72. The topological polar surface area (TPSA) is 21.3 Å². The molecule has 0 aromatic carbocycles. The van der Waals surface area contributed by atoms with Crippen LogP contribution in [0.3, 0.4) is 0 Å². The van der Waals surface area contributed by atoms with Crippen molar-refractivity contribution in [1.82, 2.24) is 5.32 Å². The molecular weight excluding hydrogens is 174 g/mol. The Hall–Kier alpha value is -0.0800. The van der Waals surface area contributed by atoms with Crippen molar-refractivity contribution < 1.29 is 4.74 Å². The number of hydrogen-bond donors (Lipinski definition) is 1. The molecule has 0 spiro atoms. The van der Waals surface area contributed by atoms with E-state index in [2.05, 4.69) is 19.2 Å². The molecule has 0 unspecified atom stereocenters. The van der Waals surface area contributed by atoms with Crippen LogP contribution in [-0.4, -0.2) is 25.8 Å². The summed E-state index contributed by atoms with van der Waals surface area (Å²) in [6.45, 7) is 9.48. The Morgan fingerprint density at radius 3 is 2.36 bits per heavy atom. The van der Waals surface area contributed by atoms with Crippen LogP contribution in [0.15, 0.2) is 0 Å². The Morgan fingerprint density at radius 1 is 1.14 bits per heavy atom. The second kappa shape index (κ2) is 6.41. The molecule has 14 heavy (non-hydrogen) atoms. The van der Waals surface area contributed by atoms with Gasteiger partial charge in [0.05, 0.1) is 6.61 Å². The largest absolute Gasteiger partial charge is 0.380 e. The number of rotatable bonds is 5. The zero-order valence-electron chi connectivity index (χ0n) is 9.88. The number of hydrogen-bond acceptors (Lipinski definition) is 2. The Balaban J connectivity index is 2.10. The first-order valence-corrected chi connectivity index (χ1v) is 6.03. The van der Waals surface area contributed by atoms with Crippen LogP contribution in [0.25, 0.3) is 0 Å². The Labute approximate surface area is 88.4 Å². The summed E-state index contributed by atoms with van der Waals surface area (Å²) >= 11 is 0. The van der Waals surface area contributed by atoms with Crippen LogP contribution in [0, 0.1) is 11.8 Å². The van der Waals surface area contributed by atoms with Crippen LogP contribution in [0.2, 0.25) is 0 Å². The van der Waals surface area contributed by atoms with E-state index in [1.165, 1.54) is 19.3 Å². The number of nitrogens with one attached hydrogen (secondary N) is 1. The minimum Gasteiger partial charge on any atom is -0.380 e. The highest BCUT2D eigenvalue weighted by atomic mass is 16.5. The molecule has 0 aliphatic heterocycles. The predicted molar refractivity (Wildman–Crippen MR) is 60.5 cm³/mol. The fraction of sp³-hybridized carbons (Fsp3) is 1.00. The first-order valence-electron chi connectivity index (χ1n) is 6.03. The van der Waals surface area contributed by atoms with Crippen LogP contribution in [0.1, 0.15) is 40.0 Å². The normalized spacial score (nSPS) is 33.2. The van der Waals surface area contributed by atoms with Crippen LogP contribution in [-0.2, 0) is 4.74 Å². The second-order valence-corrected chi connectivity index (χ2v) is 4.77. The lowest BCUT2D eigenvalue weighted by atomic mass is 9.80. The van der Waals surface area contributed by atoms with Crippen LogP contribution >= 0.6 is 0 Å². The molecule has 2 nitrogen and oxygen atoms in total. The lowest BCUT2D eigenvalue weighted by molar-refractivity contribution is 0.140. The highest BCUT2D eigenvalue weighted by Gasteiger charge is 2.22. The van der Waals surface area contributed by atoms with E-state index in [4.69, 9.17) is 4.74 Å². The molecule has 1 saturated carbocycles. The molecule has 1 rings (SSSR count). The summed E-state index contributed by atoms with van der Waals surface area (Å²) in [7, 11) is 0. The summed E-state index contributed by atoms with van der Waals surface area (Å²) in [5, 5.41) is 3.59. The molecule has 0 aromatic heterocycles. The van der Waals surface area contributed by atoms with E-state index in [1.54, 1.807) is 0 Å². The van der Waals surface area contributed by atoms with Gasteiger partial charge in [0.25, 0.3) is 0 Å². The molecule has 0 bridgehead atoms. The monoisotopic (exact) mass is 199 g/mol. The van der Waals surface area contributed by atoms with Crippen molar-refractivity contribution in [3.05, 3.63) is 0 Å². The maximum atomic E-state index is 5.32. The van der Waals surface area contributed by atoms with Crippen molar-refractivity contribution in [2.75, 3.05) is 19.8 Å². The van der Waals surface area contributed by atoms with Crippen molar-refractivity contribution >= 4 is 0 Å². The zero-order chi connectivity index (χ0) is 10.4. The van der Waals surface area contributed by atoms with E-state index in [1.807, 2.05) is 6.92 Å². The lowest BCUT2D eigenvalue weighted by Gasteiger charge is -2.32. The maximum absolute atomic E-state index is 5.32. The van der Waals surface area contributed by atoms with Gasteiger partial charge in [0.2, 0.25) is 0 Å². The van der Waals surface area contributed by atoms with E-state index in [0.717, 1.165) is 37.6 Å². The van der Waals surface area contributed by atoms with Gasteiger partial charge in [0.15, 0.2) is 0 Å². The van der Waals surface area contributed by atoms with Gasteiger partial charge in [-0.3, -0.25) is 0 Å². The molecule has 0 heterocycles. The van der Waals surface area contributed by atoms with Gasteiger partial charge in [-0.1, -0.05) is 13.8 Å². The fourth-order valence-electron chi connectivity index (χ4n) is 2.59. The van der Waals surface area contributed by atoms with E-state index in [-0.39, 0.29) is 0 Å². The molecule has 0 radical (unpaired) electrons. The molecular formula is C12H25NO. The van der Waals surface area contributed by atoms with E-state index < -0.39 is 0 Å². The Morgan fingerprint density at radius 2 is 1.79 bits per heavy atom. The van der Waals surface area contributed by atoms with Crippen molar-refractivity contribution in [3.63, 3.8) is 0 Å². The van der Waals surface area contributed by atoms with Gasteiger partial charge in [-0.2, -0.15) is 0 Å². The molecule has 1 aliphatic rings. The average molecular weight is 199 g/mol. The van der Waals surface area contributed by atoms with Gasteiger partial charge in [0, 0.05) is 19.2 Å². The first kappa shape index (κ1) is 12.0. The van der Waals surface area contributed by atoms with Gasteiger partial charge in [-0.15, -0.1) is 0 Å². The maximum Gasteiger partial charge on any atom is 0.0590 e. The molecule has 1 fully saturated rings. The van der Waals surface area contributed by atoms with E-state index in [0.29, 0.717) is 0 Å². The predicted octanol–water partition coefficient (Wildman–Crippen LogP) is 2.44. The molecule has 84 valence electrons. The summed E-state index contributed by atoms with van der Waals surface area (Å²) < 4.78 is 5.32. The minimum absolute atomic E-state index is 0.731. The van der Waals surface area contributed by atoms with Crippen molar-refractivity contribution in [1.29, 1.82) is 0 Å². The van der Waals surface area contributed by atoms with Crippen molar-refractivity contribution in [3.8, 4) is 0 Å². The van der Waals surface area contributed by atoms with Gasteiger partial charge in [-0.05, 0) is 38.0 Å². The van der Waals surface area contributed by atoms with Crippen molar-refractivity contribution in [2.45, 2.75) is 46.1 Å². The minimum atomic E-state index is 0.731. The average Bonchev–Trinajstić information content (AvgIpc) is 2.11. The lowest BCUT2D eigenvalue weighted by Crippen LogP contribution is -2.38. The molecule has 0 aromatic rings. The third-order valence-electron chi connectivity index (χ3n) is 3.06. The van der Waals surface area contributed by atoms with Crippen LogP contribution < -0.4 is 5.32 Å². The highest BCUT2D eigenvalue weighted by molar-refractivity contribution is 4.79. The van der Waals surface area contributed by atoms with Gasteiger partial charge < -0.3 is 10.1 Å². The molecule has 1 N–H and O–H groups in total. The standard InChI is InChI=1S/C12H25NO/c1-4-14-6-5-13-12-8-10(2)7-11(3)9-12/h10-13H,4-9H2,1-3H3/t10-,11-/m1/s1. The summed E-state index contributed by atoms with van der Waals surface area (Å²) in [5.74, 6) is 1.78. The molecule has 2 atom stereocenters.